The fourth-order valence-corrected chi connectivity index (χ4v) is 4.25. The van der Waals surface area contributed by atoms with Gasteiger partial charge in [0.1, 0.15) is 17.9 Å². The van der Waals surface area contributed by atoms with Crippen molar-refractivity contribution in [1.29, 1.82) is 0 Å². The molecular formula is C22H30N2O5. The molecule has 4 rings (SSSR count). The molecule has 2 saturated heterocycles. The quantitative estimate of drug-likeness (QED) is 0.794. The lowest BCUT2D eigenvalue weighted by Gasteiger charge is -2.34. The maximum Gasteiger partial charge on any atom is 0.200 e. The lowest BCUT2D eigenvalue weighted by molar-refractivity contribution is 0.0772. The lowest BCUT2D eigenvalue weighted by atomic mass is 10.0. The van der Waals surface area contributed by atoms with Crippen molar-refractivity contribution in [3.63, 3.8) is 0 Å². The summed E-state index contributed by atoms with van der Waals surface area (Å²) in [6.45, 7) is 7.15. The van der Waals surface area contributed by atoms with Gasteiger partial charge >= 0.3 is 0 Å². The maximum atomic E-state index is 12.6. The fraction of sp³-hybridized carbons (Fsp3) is 0.591. The van der Waals surface area contributed by atoms with Crippen molar-refractivity contribution >= 4 is 16.9 Å². The van der Waals surface area contributed by atoms with Crippen molar-refractivity contribution in [2.45, 2.75) is 32.2 Å². The van der Waals surface area contributed by atoms with Crippen LogP contribution in [-0.2, 0) is 4.74 Å². The van der Waals surface area contributed by atoms with Crippen molar-refractivity contribution in [1.82, 2.24) is 4.90 Å². The molecule has 3 heterocycles. The molecule has 2 aliphatic heterocycles. The van der Waals surface area contributed by atoms with Crippen molar-refractivity contribution in [2.24, 2.45) is 0 Å². The summed E-state index contributed by atoms with van der Waals surface area (Å²) in [6.07, 6.45) is 3.39. The number of hydrogen-bond acceptors (Lipinski definition) is 7. The van der Waals surface area contributed by atoms with Gasteiger partial charge < -0.3 is 23.9 Å². The predicted molar refractivity (Wildman–Crippen MR) is 112 cm³/mol. The first-order valence-electron chi connectivity index (χ1n) is 10.5. The molecule has 1 aromatic heterocycles. The zero-order valence-electron chi connectivity index (χ0n) is 17.1. The molecule has 7 heteroatoms. The number of hydrogen-bond donors (Lipinski definition) is 1. The summed E-state index contributed by atoms with van der Waals surface area (Å²) in [7, 11) is 0. The van der Waals surface area contributed by atoms with Gasteiger partial charge in [-0.1, -0.05) is 6.42 Å². The molecule has 0 bridgehead atoms. The minimum atomic E-state index is -0.0403. The summed E-state index contributed by atoms with van der Waals surface area (Å²) in [4.78, 5) is 17.0. The van der Waals surface area contributed by atoms with Gasteiger partial charge in [-0.05, 0) is 38.4 Å². The van der Waals surface area contributed by atoms with E-state index in [0.29, 0.717) is 49.8 Å². The summed E-state index contributed by atoms with van der Waals surface area (Å²) >= 11 is 0. The number of anilines is 1. The molecule has 158 valence electrons. The molecule has 0 spiro atoms. The molecule has 2 aromatic rings. The molecular weight excluding hydrogens is 372 g/mol. The van der Waals surface area contributed by atoms with E-state index < -0.39 is 0 Å². The third-order valence-corrected chi connectivity index (χ3v) is 6.00. The average Bonchev–Trinajstić information content (AvgIpc) is 2.76. The zero-order valence-corrected chi connectivity index (χ0v) is 17.1. The van der Waals surface area contributed by atoms with Crippen LogP contribution in [0.15, 0.2) is 27.4 Å². The van der Waals surface area contributed by atoms with E-state index in [9.17, 15) is 9.90 Å². The number of nitrogens with zero attached hydrogens (tertiary/aromatic N) is 2. The number of aliphatic hydroxyl groups is 1. The Morgan fingerprint density at radius 3 is 2.83 bits per heavy atom. The van der Waals surface area contributed by atoms with Gasteiger partial charge in [0, 0.05) is 37.3 Å². The molecule has 1 aromatic carbocycles. The Morgan fingerprint density at radius 1 is 1.21 bits per heavy atom. The Labute approximate surface area is 170 Å². The molecule has 2 fully saturated rings. The predicted octanol–water partition coefficient (Wildman–Crippen LogP) is 2.16. The van der Waals surface area contributed by atoms with Crippen LogP contribution in [0.4, 0.5) is 5.88 Å². The standard InChI is InChI=1S/C22H30N2O5/c1-16-20(28-13-10-23-7-3-2-4-17(23)15-25)6-5-18-19(26)14-21(29-22(16)18)24-8-11-27-12-9-24/h5-6,14,17,25H,2-4,7-13,15H2,1H3. The number of rotatable bonds is 6. The van der Waals surface area contributed by atoms with Crippen LogP contribution in [0, 0.1) is 6.92 Å². The van der Waals surface area contributed by atoms with Crippen LogP contribution < -0.4 is 15.1 Å². The Kier molecular flexibility index (Phi) is 6.37. The molecule has 7 nitrogen and oxygen atoms in total. The third kappa shape index (κ3) is 4.42. The van der Waals surface area contributed by atoms with Crippen LogP contribution in [-0.4, -0.2) is 68.7 Å². The number of aryl methyl sites for hydroxylation is 1. The molecule has 0 aliphatic carbocycles. The van der Waals surface area contributed by atoms with Crippen molar-refractivity contribution < 1.29 is 19.0 Å². The largest absolute Gasteiger partial charge is 0.492 e. The second-order valence-electron chi connectivity index (χ2n) is 7.83. The average molecular weight is 402 g/mol. The van der Waals surface area contributed by atoms with Gasteiger partial charge in [0.15, 0.2) is 11.3 Å². The van der Waals surface area contributed by atoms with Gasteiger partial charge in [0.05, 0.1) is 25.2 Å². The van der Waals surface area contributed by atoms with Gasteiger partial charge in [0.2, 0.25) is 0 Å². The van der Waals surface area contributed by atoms with E-state index in [1.807, 2.05) is 17.9 Å². The molecule has 1 unspecified atom stereocenters. The molecule has 1 N–H and O–H groups in total. The second kappa shape index (κ2) is 9.15. The molecule has 1 atom stereocenters. The van der Waals surface area contributed by atoms with E-state index in [4.69, 9.17) is 13.9 Å². The smallest absolute Gasteiger partial charge is 0.200 e. The molecule has 0 amide bonds. The number of benzene rings is 1. The zero-order chi connectivity index (χ0) is 20.2. The number of morpholine rings is 1. The summed E-state index contributed by atoms with van der Waals surface area (Å²) in [5, 5.41) is 10.1. The minimum Gasteiger partial charge on any atom is -0.492 e. The highest BCUT2D eigenvalue weighted by molar-refractivity contribution is 5.82. The van der Waals surface area contributed by atoms with Gasteiger partial charge in [-0.15, -0.1) is 0 Å². The Hall–Kier alpha value is -2.09. The first kappa shape index (κ1) is 20.2. The van der Waals surface area contributed by atoms with Crippen LogP contribution in [0.5, 0.6) is 5.75 Å². The van der Waals surface area contributed by atoms with Crippen LogP contribution in [0.2, 0.25) is 0 Å². The normalized spacial score (nSPS) is 20.9. The highest BCUT2D eigenvalue weighted by Gasteiger charge is 2.22. The Morgan fingerprint density at radius 2 is 2.03 bits per heavy atom. The first-order chi connectivity index (χ1) is 14.2. The van der Waals surface area contributed by atoms with E-state index in [1.54, 1.807) is 12.1 Å². The van der Waals surface area contributed by atoms with E-state index in [2.05, 4.69) is 4.90 Å². The summed E-state index contributed by atoms with van der Waals surface area (Å²) in [5.41, 5.74) is 1.39. The Balaban J connectivity index is 1.51. The molecule has 0 radical (unpaired) electrons. The summed E-state index contributed by atoms with van der Waals surface area (Å²) < 4.78 is 17.6. The van der Waals surface area contributed by atoms with Gasteiger partial charge in [0.25, 0.3) is 0 Å². The monoisotopic (exact) mass is 402 g/mol. The number of ether oxygens (including phenoxy) is 2. The van der Waals surface area contributed by atoms with E-state index in [1.165, 1.54) is 12.8 Å². The van der Waals surface area contributed by atoms with Gasteiger partial charge in [-0.2, -0.15) is 0 Å². The fourth-order valence-electron chi connectivity index (χ4n) is 4.25. The van der Waals surface area contributed by atoms with Crippen LogP contribution in [0.1, 0.15) is 24.8 Å². The van der Waals surface area contributed by atoms with Crippen molar-refractivity contribution in [3.8, 4) is 5.75 Å². The number of aliphatic hydroxyl groups excluding tert-OH is 1. The number of fused-ring (bicyclic) bond motifs is 1. The second-order valence-corrected chi connectivity index (χ2v) is 7.83. The molecule has 29 heavy (non-hydrogen) atoms. The lowest BCUT2D eigenvalue weighted by Crippen LogP contribution is -2.43. The van der Waals surface area contributed by atoms with Crippen LogP contribution >= 0.6 is 0 Å². The Bertz CT molecular complexity index is 891. The summed E-state index contributed by atoms with van der Waals surface area (Å²) in [6, 6.07) is 5.44. The van der Waals surface area contributed by atoms with E-state index in [-0.39, 0.29) is 18.1 Å². The summed E-state index contributed by atoms with van der Waals surface area (Å²) in [5.74, 6) is 1.32. The number of piperidine rings is 1. The highest BCUT2D eigenvalue weighted by atomic mass is 16.5. The van der Waals surface area contributed by atoms with Gasteiger partial charge in [-0.3, -0.25) is 9.69 Å². The number of likely N-dealkylation sites (tertiary alicyclic amines) is 1. The van der Waals surface area contributed by atoms with Crippen molar-refractivity contribution in [2.75, 3.05) is 57.5 Å². The molecule has 0 saturated carbocycles. The van der Waals surface area contributed by atoms with Crippen molar-refractivity contribution in [3.05, 3.63) is 34.0 Å². The topological polar surface area (TPSA) is 75.4 Å². The SMILES string of the molecule is Cc1c(OCCN2CCCCC2CO)ccc2c(=O)cc(N3CCOCC3)oc12. The van der Waals surface area contributed by atoms with E-state index in [0.717, 1.165) is 30.8 Å². The molecule has 2 aliphatic rings. The third-order valence-electron chi connectivity index (χ3n) is 6.00. The minimum absolute atomic E-state index is 0.0403. The highest BCUT2D eigenvalue weighted by Crippen LogP contribution is 2.29. The first-order valence-corrected chi connectivity index (χ1v) is 10.5. The van der Waals surface area contributed by atoms with E-state index >= 15 is 0 Å². The maximum absolute atomic E-state index is 12.6. The van der Waals surface area contributed by atoms with Crippen LogP contribution in [0.3, 0.4) is 0 Å². The van der Waals surface area contributed by atoms with Gasteiger partial charge in [-0.25, -0.2) is 0 Å². The van der Waals surface area contributed by atoms with Crippen LogP contribution in [0.25, 0.3) is 11.0 Å².